The van der Waals surface area contributed by atoms with Crippen molar-refractivity contribution in [2.75, 3.05) is 11.9 Å². The average Bonchev–Trinajstić information content (AvgIpc) is 3.23. The van der Waals surface area contributed by atoms with Crippen molar-refractivity contribution >= 4 is 22.2 Å². The molecule has 3 heterocycles. The molecule has 1 N–H and O–H groups in total. The number of nitrogens with one attached hydrogen (secondary N) is 1. The van der Waals surface area contributed by atoms with E-state index in [1.54, 1.807) is 6.92 Å². The Morgan fingerprint density at radius 3 is 2.69 bits per heavy atom. The number of thiophene rings is 1. The first-order chi connectivity index (χ1) is 13.8. The zero-order valence-electron chi connectivity index (χ0n) is 15.0. The fourth-order valence-corrected chi connectivity index (χ4v) is 4.10. The zero-order valence-corrected chi connectivity index (χ0v) is 15.8. The lowest BCUT2D eigenvalue weighted by Gasteiger charge is -2.12. The van der Waals surface area contributed by atoms with Crippen LogP contribution in [0.2, 0.25) is 0 Å². The van der Waals surface area contributed by atoms with Crippen LogP contribution < -0.4 is 10.1 Å². The molecule has 29 heavy (non-hydrogen) atoms. The number of fused-ring (bicyclic) bond motifs is 1. The lowest BCUT2D eigenvalue weighted by molar-refractivity contribution is -0.274. The van der Waals surface area contributed by atoms with Gasteiger partial charge in [-0.3, -0.25) is 4.79 Å². The fourth-order valence-electron chi connectivity index (χ4n) is 2.93. The minimum atomic E-state index is -4.79. The highest BCUT2D eigenvalue weighted by atomic mass is 32.1. The summed E-state index contributed by atoms with van der Waals surface area (Å²) in [5.41, 5.74) is 1.81. The molecule has 0 fully saturated rings. The van der Waals surface area contributed by atoms with E-state index in [4.69, 9.17) is 9.26 Å². The fraction of sp³-hybridized carbons (Fsp3) is 0.278. The first-order valence-corrected chi connectivity index (χ1v) is 9.32. The lowest BCUT2D eigenvalue weighted by atomic mass is 10.1. The van der Waals surface area contributed by atoms with E-state index in [1.807, 2.05) is 0 Å². The number of hydrogen-bond donors (Lipinski definition) is 1. The molecule has 4 rings (SSSR count). The van der Waals surface area contributed by atoms with Crippen molar-refractivity contribution < 1.29 is 32.0 Å². The molecule has 0 atom stereocenters. The first-order valence-electron chi connectivity index (χ1n) is 8.50. The van der Waals surface area contributed by atoms with Crippen molar-refractivity contribution in [3.63, 3.8) is 0 Å². The number of nitrogens with zero attached hydrogens (tertiary/aromatic N) is 2. The van der Waals surface area contributed by atoms with Crippen LogP contribution in [0.1, 0.15) is 26.6 Å². The standard InChI is InChI=1S/C18H14F3N3O4S/c1-9-22-16(28-24-9)14-12-6-7-26-8-13(12)29-17(14)23-15(25)10-2-4-11(5-3-10)27-18(19,20)21/h2-5H,6-8H2,1H3,(H,23,25). The maximum atomic E-state index is 12.6. The SMILES string of the molecule is Cc1noc(-c2c(NC(=O)c3ccc(OC(F)(F)F)cc3)sc3c2CCOC3)n1. The molecule has 0 radical (unpaired) electrons. The molecule has 0 spiro atoms. The van der Waals surface area contributed by atoms with Crippen LogP contribution in [0.4, 0.5) is 18.2 Å². The van der Waals surface area contributed by atoms with Crippen molar-refractivity contribution in [3.8, 4) is 17.2 Å². The van der Waals surface area contributed by atoms with Crippen LogP contribution in [0.5, 0.6) is 5.75 Å². The predicted octanol–water partition coefficient (Wildman–Crippen LogP) is 4.33. The van der Waals surface area contributed by atoms with E-state index in [0.717, 1.165) is 22.6 Å². The van der Waals surface area contributed by atoms with Crippen LogP contribution in [0, 0.1) is 6.92 Å². The molecule has 3 aromatic rings. The van der Waals surface area contributed by atoms with Crippen LogP contribution in [-0.2, 0) is 17.8 Å². The summed E-state index contributed by atoms with van der Waals surface area (Å²) >= 11 is 1.34. The molecular weight excluding hydrogens is 411 g/mol. The Kier molecular flexibility index (Phi) is 5.01. The van der Waals surface area contributed by atoms with Gasteiger partial charge in [0.1, 0.15) is 10.8 Å². The largest absolute Gasteiger partial charge is 0.573 e. The number of aryl methyl sites for hydroxylation is 1. The number of halogens is 3. The van der Waals surface area contributed by atoms with Gasteiger partial charge in [-0.05, 0) is 43.2 Å². The second-order valence-corrected chi connectivity index (χ2v) is 7.29. The van der Waals surface area contributed by atoms with Crippen LogP contribution in [0.3, 0.4) is 0 Å². The number of aromatic nitrogens is 2. The first kappa shape index (κ1) is 19.4. The Hall–Kier alpha value is -2.92. The monoisotopic (exact) mass is 425 g/mol. The third-order valence-corrected chi connectivity index (χ3v) is 5.26. The summed E-state index contributed by atoms with van der Waals surface area (Å²) in [7, 11) is 0. The summed E-state index contributed by atoms with van der Waals surface area (Å²) in [6, 6.07) is 4.67. The number of anilines is 1. The van der Waals surface area contributed by atoms with Crippen molar-refractivity contribution in [2.45, 2.75) is 26.3 Å². The summed E-state index contributed by atoms with van der Waals surface area (Å²) in [4.78, 5) is 17.9. The number of carbonyl (C=O) groups excluding carboxylic acids is 1. The van der Waals surface area contributed by atoms with Crippen LogP contribution in [-0.4, -0.2) is 29.0 Å². The third-order valence-electron chi connectivity index (χ3n) is 4.14. The highest BCUT2D eigenvalue weighted by Crippen LogP contribution is 2.42. The van der Waals surface area contributed by atoms with E-state index >= 15 is 0 Å². The number of carbonyl (C=O) groups is 1. The van der Waals surface area contributed by atoms with E-state index in [9.17, 15) is 18.0 Å². The van der Waals surface area contributed by atoms with Crippen molar-refractivity contribution in [1.82, 2.24) is 10.1 Å². The number of ether oxygens (including phenoxy) is 2. The van der Waals surface area contributed by atoms with Gasteiger partial charge in [-0.1, -0.05) is 5.16 Å². The van der Waals surface area contributed by atoms with Gasteiger partial charge < -0.3 is 19.3 Å². The second kappa shape index (κ2) is 7.48. The molecule has 1 aliphatic heterocycles. The van der Waals surface area contributed by atoms with E-state index in [2.05, 4.69) is 20.2 Å². The summed E-state index contributed by atoms with van der Waals surface area (Å²) in [5, 5.41) is 7.12. The van der Waals surface area contributed by atoms with E-state index < -0.39 is 18.0 Å². The minimum Gasteiger partial charge on any atom is -0.406 e. The van der Waals surface area contributed by atoms with Gasteiger partial charge >= 0.3 is 6.36 Å². The van der Waals surface area contributed by atoms with Gasteiger partial charge in [0, 0.05) is 10.4 Å². The Labute approximate surface area is 166 Å². The van der Waals surface area contributed by atoms with Gasteiger partial charge in [0.05, 0.1) is 18.8 Å². The summed E-state index contributed by atoms with van der Waals surface area (Å²) < 4.78 is 51.4. The average molecular weight is 425 g/mol. The quantitative estimate of drug-likeness (QED) is 0.670. The second-order valence-electron chi connectivity index (χ2n) is 6.18. The molecule has 0 saturated carbocycles. The molecule has 0 bridgehead atoms. The molecule has 0 saturated heterocycles. The molecule has 152 valence electrons. The highest BCUT2D eigenvalue weighted by molar-refractivity contribution is 7.17. The molecule has 11 heteroatoms. The molecule has 0 unspecified atom stereocenters. The van der Waals surface area contributed by atoms with E-state index in [0.29, 0.717) is 41.9 Å². The van der Waals surface area contributed by atoms with Gasteiger partial charge in [-0.25, -0.2) is 0 Å². The molecule has 0 aliphatic carbocycles. The van der Waals surface area contributed by atoms with Crippen molar-refractivity contribution in [3.05, 3.63) is 46.1 Å². The number of amides is 1. The highest BCUT2D eigenvalue weighted by Gasteiger charge is 2.31. The zero-order chi connectivity index (χ0) is 20.6. The number of benzene rings is 1. The Morgan fingerprint density at radius 2 is 2.03 bits per heavy atom. The summed E-state index contributed by atoms with van der Waals surface area (Å²) in [6.45, 7) is 2.65. The molecule has 1 aliphatic rings. The number of alkyl halides is 3. The minimum absolute atomic E-state index is 0.176. The molecule has 1 aromatic carbocycles. The third kappa shape index (κ3) is 4.25. The smallest absolute Gasteiger partial charge is 0.406 e. The van der Waals surface area contributed by atoms with Crippen molar-refractivity contribution in [1.29, 1.82) is 0 Å². The normalized spacial score (nSPS) is 13.8. The van der Waals surface area contributed by atoms with Gasteiger partial charge in [-0.15, -0.1) is 24.5 Å². The van der Waals surface area contributed by atoms with Gasteiger partial charge in [0.15, 0.2) is 5.82 Å². The summed E-state index contributed by atoms with van der Waals surface area (Å²) in [5.74, 6) is -0.129. The maximum absolute atomic E-state index is 12.6. The lowest BCUT2D eigenvalue weighted by Crippen LogP contribution is -2.17. The van der Waals surface area contributed by atoms with Gasteiger partial charge in [-0.2, -0.15) is 4.98 Å². The Bertz CT molecular complexity index is 1040. The molecular formula is C18H14F3N3O4S. The Balaban J connectivity index is 1.61. The maximum Gasteiger partial charge on any atom is 0.573 e. The molecule has 1 amide bonds. The van der Waals surface area contributed by atoms with Gasteiger partial charge in [0.25, 0.3) is 11.8 Å². The Morgan fingerprint density at radius 1 is 1.28 bits per heavy atom. The van der Waals surface area contributed by atoms with Crippen LogP contribution >= 0.6 is 11.3 Å². The van der Waals surface area contributed by atoms with E-state index in [-0.39, 0.29) is 5.56 Å². The van der Waals surface area contributed by atoms with Crippen LogP contribution in [0.15, 0.2) is 28.8 Å². The summed E-state index contributed by atoms with van der Waals surface area (Å²) in [6.07, 6.45) is -4.15. The number of rotatable bonds is 4. The topological polar surface area (TPSA) is 86.5 Å². The molecule has 2 aromatic heterocycles. The van der Waals surface area contributed by atoms with Gasteiger partial charge in [0.2, 0.25) is 0 Å². The van der Waals surface area contributed by atoms with E-state index in [1.165, 1.54) is 23.5 Å². The van der Waals surface area contributed by atoms with Crippen molar-refractivity contribution in [2.24, 2.45) is 0 Å². The predicted molar refractivity (Wildman–Crippen MR) is 96.8 cm³/mol. The molecule has 7 nitrogen and oxygen atoms in total. The number of hydrogen-bond acceptors (Lipinski definition) is 7. The van der Waals surface area contributed by atoms with Crippen LogP contribution in [0.25, 0.3) is 11.5 Å².